The van der Waals surface area contributed by atoms with Gasteiger partial charge in [0.2, 0.25) is 11.8 Å². The van der Waals surface area contributed by atoms with Gasteiger partial charge in [-0.25, -0.2) is 0 Å². The first kappa shape index (κ1) is 21.1. The summed E-state index contributed by atoms with van der Waals surface area (Å²) in [6, 6.07) is 3.17. The highest BCUT2D eigenvalue weighted by Gasteiger charge is 2.31. The van der Waals surface area contributed by atoms with Crippen LogP contribution in [0.4, 0.5) is 24.5 Å². The average molecular weight is 385 g/mol. The highest BCUT2D eigenvalue weighted by atomic mass is 19.4. The Balaban J connectivity index is 1.94. The zero-order valence-corrected chi connectivity index (χ0v) is 15.7. The first-order valence-corrected chi connectivity index (χ1v) is 9.12. The van der Waals surface area contributed by atoms with E-state index >= 15 is 0 Å². The van der Waals surface area contributed by atoms with Crippen molar-refractivity contribution in [3.8, 4) is 0 Å². The van der Waals surface area contributed by atoms with Crippen molar-refractivity contribution in [2.45, 2.75) is 44.7 Å². The normalized spacial score (nSPS) is 15.3. The molecule has 2 amide bonds. The summed E-state index contributed by atoms with van der Waals surface area (Å²) in [5.41, 5.74) is -0.337. The Morgan fingerprint density at radius 2 is 1.78 bits per heavy atom. The largest absolute Gasteiger partial charge is 0.416 e. The van der Waals surface area contributed by atoms with Crippen LogP contribution in [0.15, 0.2) is 18.2 Å². The second-order valence-corrected chi connectivity index (χ2v) is 7.16. The monoisotopic (exact) mass is 385 g/mol. The molecule has 1 aliphatic carbocycles. The molecule has 1 aromatic rings. The molecule has 8 heteroatoms. The SMILES string of the molecule is CN(C)c1ccc(C(F)(F)F)cc1NC(=O)CNC(=O)CC1CCCCC1. The van der Waals surface area contributed by atoms with Crippen LogP contribution in [-0.4, -0.2) is 32.5 Å². The van der Waals surface area contributed by atoms with Crippen LogP contribution >= 0.6 is 0 Å². The predicted molar refractivity (Wildman–Crippen MR) is 98.6 cm³/mol. The summed E-state index contributed by atoms with van der Waals surface area (Å²) in [5.74, 6) is -0.408. The topological polar surface area (TPSA) is 61.4 Å². The summed E-state index contributed by atoms with van der Waals surface area (Å²) >= 11 is 0. The summed E-state index contributed by atoms with van der Waals surface area (Å²) in [5, 5.41) is 5.02. The van der Waals surface area contributed by atoms with Crippen molar-refractivity contribution in [1.82, 2.24) is 5.32 Å². The number of alkyl halides is 3. The van der Waals surface area contributed by atoms with Crippen LogP contribution in [0.3, 0.4) is 0 Å². The van der Waals surface area contributed by atoms with Gasteiger partial charge in [0.1, 0.15) is 0 Å². The van der Waals surface area contributed by atoms with Crippen molar-refractivity contribution in [2.75, 3.05) is 30.9 Å². The lowest BCUT2D eigenvalue weighted by molar-refractivity contribution is -0.137. The van der Waals surface area contributed by atoms with E-state index in [2.05, 4.69) is 10.6 Å². The summed E-state index contributed by atoms with van der Waals surface area (Å²) in [7, 11) is 3.34. The lowest BCUT2D eigenvalue weighted by Gasteiger charge is -2.21. The zero-order valence-electron chi connectivity index (χ0n) is 15.7. The Morgan fingerprint density at radius 3 is 2.37 bits per heavy atom. The third kappa shape index (κ3) is 6.45. The first-order valence-electron chi connectivity index (χ1n) is 9.12. The van der Waals surface area contributed by atoms with E-state index in [1.807, 2.05) is 0 Å². The number of hydrogen-bond acceptors (Lipinski definition) is 3. The molecule has 0 aromatic heterocycles. The summed E-state index contributed by atoms with van der Waals surface area (Å²) < 4.78 is 38.8. The van der Waals surface area contributed by atoms with E-state index in [9.17, 15) is 22.8 Å². The molecule has 0 radical (unpaired) electrons. The van der Waals surface area contributed by atoms with Crippen molar-refractivity contribution in [2.24, 2.45) is 5.92 Å². The lowest BCUT2D eigenvalue weighted by atomic mass is 9.87. The molecule has 0 unspecified atom stereocenters. The van der Waals surface area contributed by atoms with Gasteiger partial charge in [0, 0.05) is 20.5 Å². The van der Waals surface area contributed by atoms with Crippen LogP contribution in [0.2, 0.25) is 0 Å². The van der Waals surface area contributed by atoms with Crippen molar-refractivity contribution in [1.29, 1.82) is 0 Å². The third-order valence-corrected chi connectivity index (χ3v) is 4.72. The Labute approximate surface area is 157 Å². The number of rotatable bonds is 6. The fourth-order valence-corrected chi connectivity index (χ4v) is 3.30. The second-order valence-electron chi connectivity index (χ2n) is 7.16. The zero-order chi connectivity index (χ0) is 20.0. The molecule has 0 bridgehead atoms. The molecule has 0 spiro atoms. The highest BCUT2D eigenvalue weighted by molar-refractivity contribution is 5.97. The number of amides is 2. The van der Waals surface area contributed by atoms with Gasteiger partial charge in [0.05, 0.1) is 23.5 Å². The predicted octanol–water partition coefficient (Wildman–Crippen LogP) is 3.80. The molecule has 27 heavy (non-hydrogen) atoms. The molecule has 5 nitrogen and oxygen atoms in total. The van der Waals surface area contributed by atoms with Crippen LogP contribution in [-0.2, 0) is 15.8 Å². The molecule has 1 fully saturated rings. The van der Waals surface area contributed by atoms with E-state index in [4.69, 9.17) is 0 Å². The number of carbonyl (C=O) groups is 2. The maximum Gasteiger partial charge on any atom is 0.416 e. The molecule has 1 aliphatic rings. The van der Waals surface area contributed by atoms with Gasteiger partial charge in [-0.1, -0.05) is 19.3 Å². The minimum atomic E-state index is -4.50. The number of carbonyl (C=O) groups excluding carboxylic acids is 2. The van der Waals surface area contributed by atoms with Gasteiger partial charge < -0.3 is 15.5 Å². The molecule has 2 N–H and O–H groups in total. The molecular weight excluding hydrogens is 359 g/mol. The molecule has 0 saturated heterocycles. The van der Waals surface area contributed by atoms with Gasteiger partial charge in [-0.3, -0.25) is 9.59 Å². The fraction of sp³-hybridized carbons (Fsp3) is 0.579. The van der Waals surface area contributed by atoms with Crippen LogP contribution in [0.1, 0.15) is 44.1 Å². The molecular formula is C19H26F3N3O2. The van der Waals surface area contributed by atoms with Crippen LogP contribution in [0.5, 0.6) is 0 Å². The van der Waals surface area contributed by atoms with Crippen LogP contribution < -0.4 is 15.5 Å². The van der Waals surface area contributed by atoms with Gasteiger partial charge in [-0.05, 0) is 37.0 Å². The average Bonchev–Trinajstić information content (AvgIpc) is 2.60. The van der Waals surface area contributed by atoms with Crippen molar-refractivity contribution in [3.05, 3.63) is 23.8 Å². The standard InChI is InChI=1S/C19H26F3N3O2/c1-25(2)16-9-8-14(19(20,21)22)11-15(16)24-18(27)12-23-17(26)10-13-6-4-3-5-7-13/h8-9,11,13H,3-7,10,12H2,1-2H3,(H,23,26)(H,24,27). The second kappa shape index (κ2) is 9.10. The minimum absolute atomic E-state index is 0.0568. The number of hydrogen-bond donors (Lipinski definition) is 2. The highest BCUT2D eigenvalue weighted by Crippen LogP contribution is 2.34. The van der Waals surface area contributed by atoms with E-state index in [0.29, 0.717) is 18.0 Å². The number of halogens is 3. The van der Waals surface area contributed by atoms with Crippen molar-refractivity contribution < 1.29 is 22.8 Å². The fourth-order valence-electron chi connectivity index (χ4n) is 3.30. The molecule has 1 saturated carbocycles. The number of nitrogens with one attached hydrogen (secondary N) is 2. The van der Waals surface area contributed by atoms with Crippen LogP contribution in [0.25, 0.3) is 0 Å². The Kier molecular flexibility index (Phi) is 7.10. The van der Waals surface area contributed by atoms with Gasteiger partial charge in [-0.15, -0.1) is 0 Å². The van der Waals surface area contributed by atoms with Gasteiger partial charge in [-0.2, -0.15) is 13.2 Å². The maximum absolute atomic E-state index is 12.9. The first-order chi connectivity index (χ1) is 12.7. The summed E-state index contributed by atoms with van der Waals surface area (Å²) in [6.45, 7) is -0.269. The molecule has 0 heterocycles. The lowest BCUT2D eigenvalue weighted by Crippen LogP contribution is -2.34. The number of nitrogens with zero attached hydrogens (tertiary/aromatic N) is 1. The number of anilines is 2. The van der Waals surface area contributed by atoms with E-state index in [1.54, 1.807) is 19.0 Å². The Hall–Kier alpha value is -2.25. The number of benzene rings is 1. The minimum Gasteiger partial charge on any atom is -0.376 e. The Bertz CT molecular complexity index is 669. The molecule has 1 aromatic carbocycles. The quantitative estimate of drug-likeness (QED) is 0.783. The third-order valence-electron chi connectivity index (χ3n) is 4.72. The maximum atomic E-state index is 12.9. The van der Waals surface area contributed by atoms with Crippen molar-refractivity contribution >= 4 is 23.2 Å². The molecule has 0 aliphatic heterocycles. The molecule has 0 atom stereocenters. The van der Waals surface area contributed by atoms with Gasteiger partial charge in [0.15, 0.2) is 0 Å². The Morgan fingerprint density at radius 1 is 1.11 bits per heavy atom. The van der Waals surface area contributed by atoms with Crippen molar-refractivity contribution in [3.63, 3.8) is 0 Å². The smallest absolute Gasteiger partial charge is 0.376 e. The van der Waals surface area contributed by atoms with Gasteiger partial charge >= 0.3 is 6.18 Å². The molecule has 2 rings (SSSR count). The summed E-state index contributed by atoms with van der Waals surface area (Å²) in [4.78, 5) is 25.7. The summed E-state index contributed by atoms with van der Waals surface area (Å²) in [6.07, 6.45) is 1.39. The molecule has 150 valence electrons. The van der Waals surface area contributed by atoms with E-state index < -0.39 is 17.6 Å². The van der Waals surface area contributed by atoms with Gasteiger partial charge in [0.25, 0.3) is 0 Å². The van der Waals surface area contributed by atoms with Crippen LogP contribution in [0, 0.1) is 5.92 Å². The van der Waals surface area contributed by atoms with E-state index in [-0.39, 0.29) is 18.1 Å². The van der Waals surface area contributed by atoms with E-state index in [0.717, 1.165) is 37.8 Å². The van der Waals surface area contributed by atoms with E-state index in [1.165, 1.54) is 12.5 Å².